The van der Waals surface area contributed by atoms with E-state index in [4.69, 9.17) is 0 Å². The van der Waals surface area contributed by atoms with E-state index in [1.165, 1.54) is 12.4 Å². The molecule has 0 spiro atoms. The minimum Gasteiger partial charge on any atom is -0.274 e. The van der Waals surface area contributed by atoms with Crippen LogP contribution in [0.25, 0.3) is 43.4 Å². The van der Waals surface area contributed by atoms with Crippen LogP contribution in [-0.4, -0.2) is 56.5 Å². The molecule has 48 heavy (non-hydrogen) atoms. The molecule has 10 heteroatoms. The number of imide groups is 2. The fraction of sp³-hybridized carbons (Fsp3) is 0.421. The molecular weight excluding hydrogens is 614 g/mol. The Bertz CT molecular complexity index is 1990. The number of hydrogen-bond donors (Lipinski definition) is 0. The second-order valence-corrected chi connectivity index (χ2v) is 13.2. The summed E-state index contributed by atoms with van der Waals surface area (Å²) < 4.78 is 32.6. The molecular formula is C38H38F2N4O4. The maximum Gasteiger partial charge on any atom is 0.262 e. The maximum absolute atomic E-state index is 16.3. The van der Waals surface area contributed by atoms with E-state index < -0.39 is 35.3 Å². The number of unbranched alkanes of at least 4 members (excludes halogenated alkanes) is 10. The highest BCUT2D eigenvalue weighted by atomic mass is 19.1. The van der Waals surface area contributed by atoms with E-state index in [1.54, 1.807) is 0 Å². The van der Waals surface area contributed by atoms with Gasteiger partial charge < -0.3 is 0 Å². The van der Waals surface area contributed by atoms with Crippen LogP contribution in [-0.2, 0) is 0 Å². The molecule has 4 heterocycles. The van der Waals surface area contributed by atoms with Crippen LogP contribution in [0.15, 0.2) is 24.5 Å². The van der Waals surface area contributed by atoms with Crippen molar-refractivity contribution in [3.05, 3.63) is 58.4 Å². The average molecular weight is 653 g/mol. The molecule has 0 saturated heterocycles. The van der Waals surface area contributed by atoms with Gasteiger partial charge in [-0.2, -0.15) is 0 Å². The molecule has 0 radical (unpaired) electrons. The van der Waals surface area contributed by atoms with Gasteiger partial charge in [-0.25, -0.2) is 8.78 Å². The Morgan fingerprint density at radius 2 is 0.833 bits per heavy atom. The third kappa shape index (κ3) is 4.90. The van der Waals surface area contributed by atoms with Crippen molar-refractivity contribution >= 4 is 67.0 Å². The van der Waals surface area contributed by atoms with E-state index in [-0.39, 0.29) is 78.7 Å². The molecule has 0 aliphatic carbocycles. The number of amides is 4. The zero-order valence-electron chi connectivity index (χ0n) is 27.4. The number of hydrogen-bond acceptors (Lipinski definition) is 6. The number of carbonyl (C=O) groups is 4. The summed E-state index contributed by atoms with van der Waals surface area (Å²) in [6.45, 7) is 4.68. The van der Waals surface area contributed by atoms with E-state index in [0.717, 1.165) is 86.1 Å². The van der Waals surface area contributed by atoms with E-state index in [1.807, 2.05) is 0 Å². The predicted molar refractivity (Wildman–Crippen MR) is 181 cm³/mol. The van der Waals surface area contributed by atoms with E-state index in [0.29, 0.717) is 12.8 Å². The van der Waals surface area contributed by atoms with Crippen molar-refractivity contribution in [3.8, 4) is 0 Å². The van der Waals surface area contributed by atoms with Crippen LogP contribution < -0.4 is 0 Å². The first kappa shape index (κ1) is 32.0. The minimum atomic E-state index is -0.780. The number of halogens is 2. The number of rotatable bonds is 14. The lowest BCUT2D eigenvalue weighted by molar-refractivity contribution is 0.0591. The summed E-state index contributed by atoms with van der Waals surface area (Å²) in [4.78, 5) is 66.0. The van der Waals surface area contributed by atoms with E-state index in [9.17, 15) is 19.2 Å². The quantitative estimate of drug-likeness (QED) is 0.0515. The van der Waals surface area contributed by atoms with Gasteiger partial charge in [0, 0.05) is 57.8 Å². The summed E-state index contributed by atoms with van der Waals surface area (Å²) in [5.41, 5.74) is 0.390. The fourth-order valence-electron chi connectivity index (χ4n) is 7.63. The molecule has 7 rings (SSSR count). The Balaban J connectivity index is 1.33. The molecule has 5 aromatic rings. The van der Waals surface area contributed by atoms with Gasteiger partial charge in [-0.1, -0.05) is 78.1 Å². The fourth-order valence-corrected chi connectivity index (χ4v) is 7.63. The summed E-state index contributed by atoms with van der Waals surface area (Å²) in [5.74, 6) is -3.81. The second kappa shape index (κ2) is 12.8. The third-order valence-electron chi connectivity index (χ3n) is 10.1. The maximum atomic E-state index is 16.3. The summed E-state index contributed by atoms with van der Waals surface area (Å²) >= 11 is 0. The van der Waals surface area contributed by atoms with Crippen LogP contribution in [0.1, 0.15) is 132 Å². The second-order valence-electron chi connectivity index (χ2n) is 13.2. The van der Waals surface area contributed by atoms with E-state index >= 15 is 8.78 Å². The molecule has 0 saturated carbocycles. The largest absolute Gasteiger partial charge is 0.274 e. The van der Waals surface area contributed by atoms with Crippen molar-refractivity contribution in [1.82, 2.24) is 19.8 Å². The van der Waals surface area contributed by atoms with Gasteiger partial charge in [-0.15, -0.1) is 0 Å². The zero-order chi connectivity index (χ0) is 33.7. The van der Waals surface area contributed by atoms with Crippen molar-refractivity contribution in [3.63, 3.8) is 0 Å². The Kier molecular flexibility index (Phi) is 8.51. The average Bonchev–Trinajstić information content (AvgIpc) is 3.08. The Hall–Kier alpha value is -4.60. The molecule has 2 aromatic heterocycles. The lowest BCUT2D eigenvalue weighted by Crippen LogP contribution is -2.41. The molecule has 2 aliphatic heterocycles. The Labute approximate surface area is 276 Å². The molecule has 0 atom stereocenters. The third-order valence-corrected chi connectivity index (χ3v) is 10.1. The molecule has 0 unspecified atom stereocenters. The topological polar surface area (TPSA) is 101 Å². The first-order chi connectivity index (χ1) is 23.3. The molecule has 4 amide bonds. The highest BCUT2D eigenvalue weighted by molar-refractivity contribution is 6.40. The van der Waals surface area contributed by atoms with Crippen LogP contribution in [0.2, 0.25) is 0 Å². The van der Waals surface area contributed by atoms with Crippen molar-refractivity contribution in [1.29, 1.82) is 0 Å². The van der Waals surface area contributed by atoms with Crippen LogP contribution >= 0.6 is 0 Å². The van der Waals surface area contributed by atoms with Gasteiger partial charge in [0.25, 0.3) is 23.6 Å². The number of pyridine rings is 2. The molecule has 248 valence electrons. The zero-order valence-corrected chi connectivity index (χ0v) is 27.4. The molecule has 3 aromatic carbocycles. The number of nitrogens with zero attached hydrogens (tertiary/aromatic N) is 4. The highest BCUT2D eigenvalue weighted by Gasteiger charge is 2.39. The standard InChI is InChI=1S/C38H38F2N4O4/c1-3-5-7-9-11-13-15-43-35(45)21-17-25(39)29-31-27(21)23(37(43)47)19-41-33(31)30-26(40)18-22-28-24(20-42-34(29)32(28)30)38(48)44(36(22)46)16-14-12-10-8-6-4-2/h17-20H,3-16H2,1-2H3. The van der Waals surface area contributed by atoms with Gasteiger partial charge in [0.05, 0.1) is 33.3 Å². The molecule has 2 aliphatic rings. The van der Waals surface area contributed by atoms with Crippen LogP contribution in [0.4, 0.5) is 8.78 Å². The van der Waals surface area contributed by atoms with Gasteiger partial charge in [-0.3, -0.25) is 38.9 Å². The first-order valence-corrected chi connectivity index (χ1v) is 17.3. The smallest absolute Gasteiger partial charge is 0.262 e. The summed E-state index contributed by atoms with van der Waals surface area (Å²) in [6.07, 6.45) is 14.3. The van der Waals surface area contributed by atoms with Crippen molar-refractivity contribution in [2.24, 2.45) is 0 Å². The van der Waals surface area contributed by atoms with Crippen LogP contribution in [0.3, 0.4) is 0 Å². The Morgan fingerprint density at radius 1 is 0.479 bits per heavy atom. The van der Waals surface area contributed by atoms with Crippen molar-refractivity contribution < 1.29 is 28.0 Å². The number of fused-ring (bicyclic) bond motifs is 2. The van der Waals surface area contributed by atoms with Crippen molar-refractivity contribution in [2.45, 2.75) is 90.9 Å². The monoisotopic (exact) mass is 652 g/mol. The van der Waals surface area contributed by atoms with Crippen LogP contribution in [0.5, 0.6) is 0 Å². The summed E-state index contributed by atoms with van der Waals surface area (Å²) in [7, 11) is 0. The van der Waals surface area contributed by atoms with Crippen molar-refractivity contribution in [2.75, 3.05) is 13.1 Å². The minimum absolute atomic E-state index is 0.0145. The van der Waals surface area contributed by atoms with Gasteiger partial charge in [0.1, 0.15) is 11.6 Å². The van der Waals surface area contributed by atoms with Gasteiger partial charge >= 0.3 is 0 Å². The lowest BCUT2D eigenvalue weighted by Gasteiger charge is -2.30. The summed E-state index contributed by atoms with van der Waals surface area (Å²) in [5, 5.41) is 0.611. The SMILES string of the molecule is CCCCCCCCN1C(=O)c2cnc3c4c(F)cc5c6c(cnc(c7c(F)cc(c2c37)C1=O)c64)C(=O)N(CCCCCCCC)C5=O. The van der Waals surface area contributed by atoms with Gasteiger partial charge in [0.15, 0.2) is 0 Å². The highest BCUT2D eigenvalue weighted by Crippen LogP contribution is 2.46. The molecule has 8 nitrogen and oxygen atoms in total. The number of aromatic nitrogens is 2. The first-order valence-electron chi connectivity index (χ1n) is 17.3. The predicted octanol–water partition coefficient (Wildman–Crippen LogP) is 8.72. The molecule has 0 bridgehead atoms. The lowest BCUT2D eigenvalue weighted by atomic mass is 9.85. The van der Waals surface area contributed by atoms with Gasteiger partial charge in [0.2, 0.25) is 0 Å². The molecule has 0 fully saturated rings. The number of benzene rings is 3. The number of carbonyl (C=O) groups excluding carboxylic acids is 4. The molecule has 0 N–H and O–H groups in total. The van der Waals surface area contributed by atoms with Crippen LogP contribution in [0, 0.1) is 11.6 Å². The summed E-state index contributed by atoms with van der Waals surface area (Å²) in [6, 6.07) is 2.23. The Morgan fingerprint density at radius 3 is 1.23 bits per heavy atom. The normalized spacial score (nSPS) is 14.7. The van der Waals surface area contributed by atoms with E-state index in [2.05, 4.69) is 23.8 Å². The van der Waals surface area contributed by atoms with Gasteiger partial charge in [-0.05, 0) is 25.0 Å².